The van der Waals surface area contributed by atoms with Crippen LogP contribution < -0.4 is 5.32 Å². The van der Waals surface area contributed by atoms with Crippen molar-refractivity contribution >= 4 is 5.82 Å². The van der Waals surface area contributed by atoms with E-state index in [1.165, 1.54) is 0 Å². The molecule has 0 radical (unpaired) electrons. The zero-order chi connectivity index (χ0) is 13.7. The predicted molar refractivity (Wildman–Crippen MR) is 73.8 cm³/mol. The first-order valence-corrected chi connectivity index (χ1v) is 6.40. The Bertz CT molecular complexity index is 513. The Kier molecular flexibility index (Phi) is 4.46. The minimum Gasteiger partial charge on any atom is -0.377 e. The fourth-order valence-electron chi connectivity index (χ4n) is 1.78. The lowest BCUT2D eigenvalue weighted by molar-refractivity contribution is 0.178. The van der Waals surface area contributed by atoms with Crippen LogP contribution >= 0.6 is 0 Å². The highest BCUT2D eigenvalue weighted by Crippen LogP contribution is 2.19. The summed E-state index contributed by atoms with van der Waals surface area (Å²) < 4.78 is 6.98. The van der Waals surface area contributed by atoms with Crippen LogP contribution in [0.25, 0.3) is 11.3 Å². The van der Waals surface area contributed by atoms with Crippen LogP contribution in [0.15, 0.2) is 18.5 Å². The molecule has 0 aliphatic rings. The first-order valence-electron chi connectivity index (χ1n) is 6.40. The second-order valence-corrected chi connectivity index (χ2v) is 4.10. The predicted octanol–water partition coefficient (Wildman–Crippen LogP) is 1.94. The van der Waals surface area contributed by atoms with Gasteiger partial charge in [0.1, 0.15) is 12.4 Å². The summed E-state index contributed by atoms with van der Waals surface area (Å²) in [6.07, 6.45) is 3.80. The second-order valence-electron chi connectivity index (χ2n) is 4.10. The van der Waals surface area contributed by atoms with Gasteiger partial charge in [0, 0.05) is 38.0 Å². The molecular formula is C13H19N5O. The van der Waals surface area contributed by atoms with Crippen molar-refractivity contribution in [1.82, 2.24) is 19.7 Å². The van der Waals surface area contributed by atoms with Gasteiger partial charge in [-0.1, -0.05) is 0 Å². The second kappa shape index (κ2) is 6.29. The molecule has 0 unspecified atom stereocenters. The number of hydrogen-bond acceptors (Lipinski definition) is 5. The Morgan fingerprint density at radius 1 is 1.32 bits per heavy atom. The molecule has 102 valence electrons. The van der Waals surface area contributed by atoms with Crippen molar-refractivity contribution in [3.05, 3.63) is 24.3 Å². The van der Waals surface area contributed by atoms with Gasteiger partial charge in [-0.2, -0.15) is 5.10 Å². The van der Waals surface area contributed by atoms with Crippen molar-refractivity contribution < 1.29 is 4.74 Å². The van der Waals surface area contributed by atoms with E-state index in [0.29, 0.717) is 12.4 Å². The maximum absolute atomic E-state index is 5.10. The number of methoxy groups -OCH3 is 1. The standard InChI is InChI=1S/C13H19N5O/c1-4-14-12-6-11(16-13(17-12)9-19-3)10-7-15-18(5-2)8-10/h6-8H,4-5,9H2,1-3H3,(H,14,16,17). The lowest BCUT2D eigenvalue weighted by Crippen LogP contribution is -2.05. The quantitative estimate of drug-likeness (QED) is 0.860. The largest absolute Gasteiger partial charge is 0.377 e. The number of hydrogen-bond donors (Lipinski definition) is 1. The summed E-state index contributed by atoms with van der Waals surface area (Å²) in [4.78, 5) is 8.88. The molecule has 0 fully saturated rings. The van der Waals surface area contributed by atoms with Crippen molar-refractivity contribution in [3.8, 4) is 11.3 Å². The smallest absolute Gasteiger partial charge is 0.157 e. The van der Waals surface area contributed by atoms with Gasteiger partial charge in [0.2, 0.25) is 0 Å². The molecule has 0 saturated heterocycles. The van der Waals surface area contributed by atoms with Crippen molar-refractivity contribution in [2.75, 3.05) is 19.0 Å². The third kappa shape index (κ3) is 3.29. The molecule has 0 spiro atoms. The highest BCUT2D eigenvalue weighted by Gasteiger charge is 2.08. The zero-order valence-electron chi connectivity index (χ0n) is 11.6. The van der Waals surface area contributed by atoms with Crippen LogP contribution in [0, 0.1) is 0 Å². The summed E-state index contributed by atoms with van der Waals surface area (Å²) in [6, 6.07) is 1.93. The van der Waals surface area contributed by atoms with Crippen LogP contribution in [0.2, 0.25) is 0 Å². The molecule has 0 aliphatic carbocycles. The number of anilines is 1. The molecule has 2 heterocycles. The summed E-state index contributed by atoms with van der Waals surface area (Å²) in [5, 5.41) is 7.47. The molecule has 2 aromatic heterocycles. The first kappa shape index (κ1) is 13.5. The Morgan fingerprint density at radius 2 is 2.16 bits per heavy atom. The number of nitrogens with one attached hydrogen (secondary N) is 1. The van der Waals surface area contributed by atoms with Gasteiger partial charge in [0.25, 0.3) is 0 Å². The van der Waals surface area contributed by atoms with Gasteiger partial charge >= 0.3 is 0 Å². The van der Waals surface area contributed by atoms with E-state index in [0.717, 1.165) is 30.2 Å². The maximum atomic E-state index is 5.10. The van der Waals surface area contributed by atoms with Crippen molar-refractivity contribution in [2.24, 2.45) is 0 Å². The lowest BCUT2D eigenvalue weighted by atomic mass is 10.2. The molecule has 6 heteroatoms. The van der Waals surface area contributed by atoms with E-state index in [1.54, 1.807) is 7.11 Å². The Balaban J connectivity index is 2.36. The van der Waals surface area contributed by atoms with E-state index in [2.05, 4.69) is 27.3 Å². The molecule has 2 aromatic rings. The SMILES string of the molecule is CCNc1cc(-c2cnn(CC)c2)nc(COC)n1. The summed E-state index contributed by atoms with van der Waals surface area (Å²) in [6.45, 7) is 6.14. The van der Waals surface area contributed by atoms with Crippen molar-refractivity contribution in [1.29, 1.82) is 0 Å². The third-order valence-corrected chi connectivity index (χ3v) is 2.66. The molecule has 19 heavy (non-hydrogen) atoms. The Labute approximate surface area is 112 Å². The van der Waals surface area contributed by atoms with Crippen LogP contribution in [0.4, 0.5) is 5.82 Å². The fraction of sp³-hybridized carbons (Fsp3) is 0.462. The van der Waals surface area contributed by atoms with Crippen LogP contribution in [-0.2, 0) is 17.9 Å². The number of ether oxygens (including phenoxy) is 1. The third-order valence-electron chi connectivity index (χ3n) is 2.66. The average Bonchev–Trinajstić information content (AvgIpc) is 2.88. The van der Waals surface area contributed by atoms with E-state index in [-0.39, 0.29) is 0 Å². The van der Waals surface area contributed by atoms with E-state index in [4.69, 9.17) is 4.74 Å². The van der Waals surface area contributed by atoms with E-state index in [1.807, 2.05) is 30.1 Å². The normalized spacial score (nSPS) is 10.7. The summed E-state index contributed by atoms with van der Waals surface area (Å²) >= 11 is 0. The highest BCUT2D eigenvalue weighted by atomic mass is 16.5. The first-order chi connectivity index (χ1) is 9.26. The fourth-order valence-corrected chi connectivity index (χ4v) is 1.78. The van der Waals surface area contributed by atoms with Crippen molar-refractivity contribution in [3.63, 3.8) is 0 Å². The van der Waals surface area contributed by atoms with Gasteiger partial charge in [0.15, 0.2) is 5.82 Å². The number of nitrogens with zero attached hydrogens (tertiary/aromatic N) is 4. The molecule has 0 saturated carbocycles. The maximum Gasteiger partial charge on any atom is 0.157 e. The Morgan fingerprint density at radius 3 is 2.79 bits per heavy atom. The molecule has 0 aromatic carbocycles. The van der Waals surface area contributed by atoms with Crippen LogP contribution in [0.1, 0.15) is 19.7 Å². The molecule has 0 atom stereocenters. The monoisotopic (exact) mass is 261 g/mol. The minimum atomic E-state index is 0.397. The van der Waals surface area contributed by atoms with Gasteiger partial charge in [-0.3, -0.25) is 4.68 Å². The summed E-state index contributed by atoms with van der Waals surface area (Å²) in [5.74, 6) is 1.48. The Hall–Kier alpha value is -1.95. The van der Waals surface area contributed by atoms with E-state index >= 15 is 0 Å². The number of aromatic nitrogens is 4. The average molecular weight is 261 g/mol. The topological polar surface area (TPSA) is 64.9 Å². The highest BCUT2D eigenvalue weighted by molar-refractivity contribution is 5.60. The van der Waals surface area contributed by atoms with Crippen LogP contribution in [0.3, 0.4) is 0 Å². The van der Waals surface area contributed by atoms with E-state index in [9.17, 15) is 0 Å². The summed E-state index contributed by atoms with van der Waals surface area (Å²) in [7, 11) is 1.64. The van der Waals surface area contributed by atoms with Gasteiger partial charge in [-0.05, 0) is 13.8 Å². The van der Waals surface area contributed by atoms with Crippen molar-refractivity contribution in [2.45, 2.75) is 27.0 Å². The minimum absolute atomic E-state index is 0.397. The lowest BCUT2D eigenvalue weighted by Gasteiger charge is -2.07. The number of rotatable bonds is 6. The van der Waals surface area contributed by atoms with Gasteiger partial charge in [0.05, 0.1) is 11.9 Å². The molecule has 6 nitrogen and oxygen atoms in total. The molecule has 1 N–H and O–H groups in total. The van der Waals surface area contributed by atoms with E-state index < -0.39 is 0 Å². The molecule has 0 bridgehead atoms. The molecule has 2 rings (SSSR count). The van der Waals surface area contributed by atoms with Crippen LogP contribution in [-0.4, -0.2) is 33.4 Å². The molecule has 0 amide bonds. The van der Waals surface area contributed by atoms with Gasteiger partial charge < -0.3 is 10.1 Å². The molecule has 0 aliphatic heterocycles. The van der Waals surface area contributed by atoms with Gasteiger partial charge in [-0.15, -0.1) is 0 Å². The number of aryl methyl sites for hydroxylation is 1. The zero-order valence-corrected chi connectivity index (χ0v) is 11.6. The molecular weight excluding hydrogens is 242 g/mol. The summed E-state index contributed by atoms with van der Waals surface area (Å²) in [5.41, 5.74) is 1.85. The van der Waals surface area contributed by atoms with Crippen LogP contribution in [0.5, 0.6) is 0 Å². The van der Waals surface area contributed by atoms with Gasteiger partial charge in [-0.25, -0.2) is 9.97 Å².